The zero-order chi connectivity index (χ0) is 32.5. The fraction of sp³-hybridized carbons (Fsp3) is 0.158. The van der Waals surface area contributed by atoms with Crippen molar-refractivity contribution in [1.29, 1.82) is 0 Å². The van der Waals surface area contributed by atoms with Gasteiger partial charge in [-0.2, -0.15) is 0 Å². The van der Waals surface area contributed by atoms with Gasteiger partial charge in [0.2, 0.25) is 0 Å². The molecule has 0 saturated heterocycles. The van der Waals surface area contributed by atoms with Crippen LogP contribution in [0.25, 0.3) is 89.7 Å². The fourth-order valence-electron chi connectivity index (χ4n) is 7.14. The summed E-state index contributed by atoms with van der Waals surface area (Å²) < 4.78 is 0. The average Bonchev–Trinajstić information content (AvgIpc) is 3.86. The van der Waals surface area contributed by atoms with E-state index >= 15 is 0 Å². The minimum Gasteiger partial charge on any atom is -0.388 e. The monoisotopic (exact) mass is 628 g/mol. The summed E-state index contributed by atoms with van der Waals surface area (Å²) in [6.07, 6.45) is 1.67. The van der Waals surface area contributed by atoms with E-state index in [0.717, 1.165) is 68.0 Å². The molecule has 2 aliphatic rings. The Morgan fingerprint density at radius 2 is 0.896 bits per heavy atom. The highest BCUT2D eigenvalue weighted by Gasteiger charge is 2.25. The molecule has 5 heterocycles. The van der Waals surface area contributed by atoms with Crippen molar-refractivity contribution in [2.45, 2.75) is 26.7 Å². The summed E-state index contributed by atoms with van der Waals surface area (Å²) >= 11 is 0. The normalized spacial score (nSPS) is 11.9. The molecule has 3 aromatic heterocycles. The molecule has 10 heteroatoms. The summed E-state index contributed by atoms with van der Waals surface area (Å²) in [6.45, 7) is 4.31. The van der Waals surface area contributed by atoms with Crippen LogP contribution in [0.15, 0.2) is 72.8 Å². The maximum Gasteiger partial charge on any atom is 0.166 e. The minimum atomic E-state index is 0.576. The van der Waals surface area contributed by atoms with Crippen LogP contribution in [0.3, 0.4) is 0 Å². The molecule has 0 atom stereocenters. The van der Waals surface area contributed by atoms with Gasteiger partial charge >= 0.3 is 0 Å². The van der Waals surface area contributed by atoms with Crippen molar-refractivity contribution < 1.29 is 0 Å². The molecule has 48 heavy (non-hydrogen) atoms. The van der Waals surface area contributed by atoms with Crippen molar-refractivity contribution >= 4 is 55.5 Å². The average molecular weight is 629 g/mol. The molecule has 0 amide bonds. The largest absolute Gasteiger partial charge is 0.388 e. The lowest BCUT2D eigenvalue weighted by Gasteiger charge is -2.06. The summed E-state index contributed by atoms with van der Waals surface area (Å²) in [5.41, 5.74) is 10.6. The summed E-state index contributed by atoms with van der Waals surface area (Å²) in [5, 5.41) is 10.7. The molecule has 2 aliphatic heterocycles. The van der Waals surface area contributed by atoms with E-state index in [-0.39, 0.29) is 0 Å². The number of H-pyrrole nitrogens is 2. The number of hydrogen-bond acceptors (Lipinski definition) is 8. The second kappa shape index (κ2) is 10.7. The molecule has 0 radical (unpaired) electrons. The third-order valence-electron chi connectivity index (χ3n) is 9.41. The fourth-order valence-corrected chi connectivity index (χ4v) is 7.14. The molecule has 4 N–H and O–H groups in total. The highest BCUT2D eigenvalue weighted by atomic mass is 15.1. The Bertz CT molecular complexity index is 2450. The van der Waals surface area contributed by atoms with E-state index in [2.05, 4.69) is 83.0 Å². The number of rotatable bonds is 4. The Balaban J connectivity index is 1.53. The van der Waals surface area contributed by atoms with Crippen LogP contribution in [-0.2, 0) is 12.8 Å². The quantitative estimate of drug-likeness (QED) is 0.154. The van der Waals surface area contributed by atoms with Crippen molar-refractivity contribution in [3.63, 3.8) is 0 Å². The zero-order valence-electron chi connectivity index (χ0n) is 27.0. The van der Waals surface area contributed by atoms with Crippen LogP contribution >= 0.6 is 0 Å². The van der Waals surface area contributed by atoms with Crippen LogP contribution in [0.2, 0.25) is 0 Å². The Labute approximate surface area is 275 Å². The molecule has 0 unspecified atom stereocenters. The molecule has 0 fully saturated rings. The first-order valence-corrected chi connectivity index (χ1v) is 16.3. The first-order chi connectivity index (χ1) is 23.6. The third kappa shape index (κ3) is 4.05. The van der Waals surface area contributed by atoms with Gasteiger partial charge in [-0.05, 0) is 36.1 Å². The van der Waals surface area contributed by atoms with Crippen LogP contribution in [0.4, 0.5) is 11.4 Å². The molecule has 0 saturated carbocycles. The lowest BCUT2D eigenvalue weighted by molar-refractivity contribution is 1.16. The van der Waals surface area contributed by atoms with Crippen molar-refractivity contribution in [2.24, 2.45) is 0 Å². The van der Waals surface area contributed by atoms with Gasteiger partial charge in [-0.15, -0.1) is 0 Å². The van der Waals surface area contributed by atoms with Gasteiger partial charge in [0, 0.05) is 58.1 Å². The topological polar surface area (TPSA) is 133 Å². The van der Waals surface area contributed by atoms with E-state index in [4.69, 9.17) is 29.9 Å². The van der Waals surface area contributed by atoms with Crippen molar-refractivity contribution in [1.82, 2.24) is 39.9 Å². The van der Waals surface area contributed by atoms with E-state index in [1.165, 1.54) is 11.1 Å². The first kappa shape index (κ1) is 28.1. The van der Waals surface area contributed by atoms with Gasteiger partial charge in [0.05, 0.1) is 11.1 Å². The van der Waals surface area contributed by atoms with Gasteiger partial charge < -0.3 is 20.6 Å². The molecular formula is C38H32N10. The van der Waals surface area contributed by atoms with Crippen LogP contribution in [0, 0.1) is 0 Å². The number of anilines is 2. The number of nitrogens with zero attached hydrogens (tertiary/aromatic N) is 6. The molecule has 4 aromatic carbocycles. The summed E-state index contributed by atoms with van der Waals surface area (Å²) in [5.74, 6) is 2.32. The van der Waals surface area contributed by atoms with Crippen LogP contribution < -0.4 is 10.6 Å². The highest BCUT2D eigenvalue weighted by molar-refractivity contribution is 6.08. The SMILES string of the molecule is CCc1cccc2c3nc4nc(nc5[nH]c(nc6nc(nc([nH]3)c12)-c1cccc(NC)c1-6)c1cccc(CC)c51)-c1cccc(NC)c1-4. The van der Waals surface area contributed by atoms with Gasteiger partial charge in [-0.1, -0.05) is 74.5 Å². The maximum atomic E-state index is 5.22. The Kier molecular flexibility index (Phi) is 6.26. The summed E-state index contributed by atoms with van der Waals surface area (Å²) in [7, 11) is 3.83. The standard InChI is InChI=1S/C38H32N10/c1-5-19-11-7-13-21-27(19)35-41-31(21)45-37-30-24(16-10-18-26(30)40-4)34(48-37)44-36-28-20(6-2)12-8-14-22(28)32(42-36)46-38-29-23(33(43-35)47-38)15-9-17-25(29)39-3/h7-18,39-40H,5-6H2,1-4H3,(H2,41,42,43,44,45,46,47,48). The van der Waals surface area contributed by atoms with E-state index in [1.807, 2.05) is 38.4 Å². The first-order valence-electron chi connectivity index (χ1n) is 16.3. The summed E-state index contributed by atoms with van der Waals surface area (Å²) in [4.78, 5) is 38.2. The number of benzene rings is 4. The number of fused-ring (bicyclic) bond motifs is 20. The number of aromatic nitrogens is 8. The smallest absolute Gasteiger partial charge is 0.166 e. The van der Waals surface area contributed by atoms with Gasteiger partial charge in [0.1, 0.15) is 22.6 Å². The molecule has 7 aromatic rings. The van der Waals surface area contributed by atoms with E-state index in [0.29, 0.717) is 45.9 Å². The van der Waals surface area contributed by atoms with E-state index in [1.54, 1.807) is 0 Å². The lowest BCUT2D eigenvalue weighted by Crippen LogP contribution is -1.93. The van der Waals surface area contributed by atoms with Gasteiger partial charge in [-0.25, -0.2) is 29.9 Å². The van der Waals surface area contributed by atoms with Gasteiger partial charge in [0.15, 0.2) is 23.3 Å². The zero-order valence-corrected chi connectivity index (χ0v) is 27.0. The minimum absolute atomic E-state index is 0.576. The van der Waals surface area contributed by atoms with E-state index < -0.39 is 0 Å². The Morgan fingerprint density at radius 3 is 1.31 bits per heavy atom. The van der Waals surface area contributed by atoms with Crippen LogP contribution in [-0.4, -0.2) is 54.0 Å². The number of hydrogen-bond donors (Lipinski definition) is 4. The van der Waals surface area contributed by atoms with E-state index in [9.17, 15) is 0 Å². The number of aryl methyl sites for hydroxylation is 2. The highest BCUT2D eigenvalue weighted by Crippen LogP contribution is 2.42. The van der Waals surface area contributed by atoms with Gasteiger partial charge in [0.25, 0.3) is 0 Å². The second-order valence-electron chi connectivity index (χ2n) is 12.0. The Hall–Kier alpha value is -6.16. The molecule has 9 rings (SSSR count). The van der Waals surface area contributed by atoms with Crippen molar-refractivity contribution in [3.8, 4) is 45.6 Å². The number of nitrogens with one attached hydrogen (secondary N) is 4. The predicted octanol–water partition coefficient (Wildman–Crippen LogP) is 8.08. The molecule has 10 nitrogen and oxygen atoms in total. The molecule has 8 bridgehead atoms. The van der Waals surface area contributed by atoms with Gasteiger partial charge in [-0.3, -0.25) is 0 Å². The third-order valence-corrected chi connectivity index (χ3v) is 9.41. The van der Waals surface area contributed by atoms with Crippen molar-refractivity contribution in [3.05, 3.63) is 83.9 Å². The van der Waals surface area contributed by atoms with Crippen LogP contribution in [0.5, 0.6) is 0 Å². The Morgan fingerprint density at radius 1 is 0.479 bits per heavy atom. The molecule has 234 valence electrons. The molecule has 0 aliphatic carbocycles. The lowest BCUT2D eigenvalue weighted by atomic mass is 10.1. The number of aromatic amines is 2. The molecular weight excluding hydrogens is 596 g/mol. The predicted molar refractivity (Wildman–Crippen MR) is 194 cm³/mol. The second-order valence-corrected chi connectivity index (χ2v) is 12.0. The maximum absolute atomic E-state index is 5.22. The van der Waals surface area contributed by atoms with Crippen molar-refractivity contribution in [2.75, 3.05) is 24.7 Å². The summed E-state index contributed by atoms with van der Waals surface area (Å²) in [6, 6.07) is 24.8. The molecule has 0 spiro atoms. The van der Waals surface area contributed by atoms with Crippen LogP contribution in [0.1, 0.15) is 25.0 Å².